The summed E-state index contributed by atoms with van der Waals surface area (Å²) >= 11 is 8.06. The number of halogens is 5. The van der Waals surface area contributed by atoms with Crippen LogP contribution in [0.15, 0.2) is 4.47 Å². The van der Waals surface area contributed by atoms with Crippen LogP contribution in [0.5, 0.6) is 0 Å². The van der Waals surface area contributed by atoms with Crippen molar-refractivity contribution in [1.29, 1.82) is 0 Å². The fourth-order valence-electron chi connectivity index (χ4n) is 0.950. The molecule has 0 aliphatic carbocycles. The molecule has 1 N–H and O–H groups in total. The first kappa shape index (κ1) is 12.8. The van der Waals surface area contributed by atoms with Gasteiger partial charge in [-0.05, 0) is 15.9 Å². The van der Waals surface area contributed by atoms with Gasteiger partial charge in [0.2, 0.25) is 0 Å². The molecule has 0 fully saturated rings. The third-order valence-electron chi connectivity index (χ3n) is 1.69. The van der Waals surface area contributed by atoms with E-state index in [1.54, 1.807) is 0 Å². The van der Waals surface area contributed by atoms with Crippen molar-refractivity contribution in [1.82, 2.24) is 5.48 Å². The monoisotopic (exact) mass is 303 g/mol. The van der Waals surface area contributed by atoms with Crippen LogP contribution in [-0.4, -0.2) is 7.11 Å². The molecule has 2 nitrogen and oxygen atoms in total. The zero-order valence-corrected chi connectivity index (χ0v) is 9.85. The molecule has 0 aromatic heterocycles. The van der Waals surface area contributed by atoms with E-state index in [0.29, 0.717) is 0 Å². The van der Waals surface area contributed by atoms with Gasteiger partial charge in [0, 0.05) is 5.56 Å². The first-order valence-corrected chi connectivity index (χ1v) is 4.94. The molecule has 0 saturated carbocycles. The lowest BCUT2D eigenvalue weighted by atomic mass is 10.2. The van der Waals surface area contributed by atoms with Gasteiger partial charge in [-0.1, -0.05) is 11.6 Å². The maximum Gasteiger partial charge on any atom is 0.176 e. The Morgan fingerprint density at radius 2 is 1.87 bits per heavy atom. The maximum atomic E-state index is 13.3. The minimum Gasteiger partial charge on any atom is -0.305 e. The number of hydrogen-bond acceptors (Lipinski definition) is 2. The van der Waals surface area contributed by atoms with Crippen molar-refractivity contribution >= 4 is 27.5 Å². The lowest BCUT2D eigenvalue weighted by Crippen LogP contribution is -2.14. The van der Waals surface area contributed by atoms with Gasteiger partial charge >= 0.3 is 0 Å². The smallest absolute Gasteiger partial charge is 0.176 e. The molecule has 1 rings (SSSR count). The van der Waals surface area contributed by atoms with Gasteiger partial charge in [-0.25, -0.2) is 13.2 Å². The van der Waals surface area contributed by atoms with E-state index >= 15 is 0 Å². The van der Waals surface area contributed by atoms with Gasteiger partial charge in [-0.15, -0.1) is 0 Å². The molecule has 0 aliphatic heterocycles. The van der Waals surface area contributed by atoms with E-state index in [1.165, 1.54) is 7.11 Å². The molecule has 15 heavy (non-hydrogen) atoms. The summed E-state index contributed by atoms with van der Waals surface area (Å²) in [5, 5.41) is -0.481. The van der Waals surface area contributed by atoms with Crippen molar-refractivity contribution in [3.8, 4) is 0 Å². The van der Waals surface area contributed by atoms with Crippen molar-refractivity contribution in [2.45, 2.75) is 6.54 Å². The summed E-state index contributed by atoms with van der Waals surface area (Å²) in [7, 11) is 1.29. The lowest BCUT2D eigenvalue weighted by Gasteiger charge is -2.09. The van der Waals surface area contributed by atoms with Gasteiger partial charge in [-0.3, -0.25) is 0 Å². The number of hydrogen-bond donors (Lipinski definition) is 1. The van der Waals surface area contributed by atoms with E-state index in [0.717, 1.165) is 0 Å². The van der Waals surface area contributed by atoms with Crippen LogP contribution < -0.4 is 5.48 Å². The normalized spacial score (nSPS) is 10.8. The predicted molar refractivity (Wildman–Crippen MR) is 52.9 cm³/mol. The maximum absolute atomic E-state index is 13.3. The summed E-state index contributed by atoms with van der Waals surface area (Å²) in [6.07, 6.45) is 0. The Kier molecular flexibility index (Phi) is 4.39. The van der Waals surface area contributed by atoms with E-state index in [1.807, 2.05) is 0 Å². The third kappa shape index (κ3) is 2.44. The van der Waals surface area contributed by atoms with Crippen molar-refractivity contribution in [3.05, 3.63) is 32.5 Å². The average Bonchev–Trinajstić information content (AvgIpc) is 2.24. The molecule has 0 spiro atoms. The lowest BCUT2D eigenvalue weighted by molar-refractivity contribution is 0.0857. The second-order valence-electron chi connectivity index (χ2n) is 2.57. The summed E-state index contributed by atoms with van der Waals surface area (Å²) in [6.45, 7) is -0.234. The predicted octanol–water partition coefficient (Wildman–Crippen LogP) is 3.17. The summed E-state index contributed by atoms with van der Waals surface area (Å²) in [6, 6.07) is 0. The van der Waals surface area contributed by atoms with Crippen molar-refractivity contribution < 1.29 is 18.0 Å². The Morgan fingerprint density at radius 3 is 2.40 bits per heavy atom. The Hall–Kier alpha value is -0.300. The Morgan fingerprint density at radius 1 is 1.27 bits per heavy atom. The molecule has 0 atom stereocenters. The highest BCUT2D eigenvalue weighted by Gasteiger charge is 2.22. The summed E-state index contributed by atoms with van der Waals surface area (Å²) in [4.78, 5) is 4.43. The number of nitrogens with one attached hydrogen (secondary N) is 1. The van der Waals surface area contributed by atoms with E-state index in [2.05, 4.69) is 26.2 Å². The van der Waals surface area contributed by atoms with Gasteiger partial charge < -0.3 is 4.84 Å². The second kappa shape index (κ2) is 5.16. The standard InChI is InChI=1S/C8H6BrClF3NO/c1-15-14-2-3-5(10)7(12)4(9)8(13)6(3)11/h14H,2H2,1H3. The summed E-state index contributed by atoms with van der Waals surface area (Å²) in [5.74, 6) is -3.56. The SMILES string of the molecule is CONCc1c(F)c(F)c(Br)c(F)c1Cl. The summed E-state index contributed by atoms with van der Waals surface area (Å²) < 4.78 is 38.9. The molecule has 0 heterocycles. The van der Waals surface area contributed by atoms with E-state index in [9.17, 15) is 13.2 Å². The molecule has 0 aliphatic rings. The first-order valence-electron chi connectivity index (χ1n) is 3.76. The van der Waals surface area contributed by atoms with Crippen molar-refractivity contribution in [2.24, 2.45) is 0 Å². The molecule has 1 aromatic carbocycles. The summed E-state index contributed by atoms with van der Waals surface area (Å²) in [5.41, 5.74) is 1.92. The van der Waals surface area contributed by atoms with Crippen LogP contribution in [0, 0.1) is 17.5 Å². The van der Waals surface area contributed by atoms with Gasteiger partial charge in [0.15, 0.2) is 17.5 Å². The fraction of sp³-hybridized carbons (Fsp3) is 0.250. The molecule has 0 saturated heterocycles. The molecular weight excluding hydrogens is 298 g/mol. The van der Waals surface area contributed by atoms with Gasteiger partial charge in [0.05, 0.1) is 23.1 Å². The van der Waals surface area contributed by atoms with Crippen LogP contribution in [0.3, 0.4) is 0 Å². The largest absolute Gasteiger partial charge is 0.305 e. The van der Waals surface area contributed by atoms with Crippen molar-refractivity contribution in [2.75, 3.05) is 7.11 Å². The number of rotatable bonds is 3. The molecule has 0 radical (unpaired) electrons. The van der Waals surface area contributed by atoms with Crippen LogP contribution in [-0.2, 0) is 11.4 Å². The highest BCUT2D eigenvalue weighted by molar-refractivity contribution is 9.10. The van der Waals surface area contributed by atoms with Crippen LogP contribution in [0.4, 0.5) is 13.2 Å². The highest BCUT2D eigenvalue weighted by atomic mass is 79.9. The minimum absolute atomic E-state index is 0.234. The zero-order valence-electron chi connectivity index (χ0n) is 7.51. The fourth-order valence-corrected chi connectivity index (χ4v) is 1.68. The number of benzene rings is 1. The minimum atomic E-state index is -1.31. The molecule has 84 valence electrons. The molecule has 1 aromatic rings. The molecule has 0 bridgehead atoms. The van der Waals surface area contributed by atoms with E-state index in [4.69, 9.17) is 11.6 Å². The molecule has 7 heteroatoms. The topological polar surface area (TPSA) is 21.3 Å². The van der Waals surface area contributed by atoms with E-state index in [-0.39, 0.29) is 12.1 Å². The first-order chi connectivity index (χ1) is 7.00. The van der Waals surface area contributed by atoms with Crippen LogP contribution in [0.2, 0.25) is 5.02 Å². The van der Waals surface area contributed by atoms with Crippen LogP contribution >= 0.6 is 27.5 Å². The molecule has 0 amide bonds. The highest BCUT2D eigenvalue weighted by Crippen LogP contribution is 2.32. The Labute approximate surface area is 97.4 Å². The van der Waals surface area contributed by atoms with Gasteiger partial charge in [0.1, 0.15) is 0 Å². The Bertz CT molecular complexity index is 360. The second-order valence-corrected chi connectivity index (χ2v) is 3.74. The van der Waals surface area contributed by atoms with Crippen LogP contribution in [0.25, 0.3) is 0 Å². The number of hydroxylamine groups is 1. The average molecular weight is 304 g/mol. The van der Waals surface area contributed by atoms with Gasteiger partial charge in [0.25, 0.3) is 0 Å². The van der Waals surface area contributed by atoms with Crippen LogP contribution in [0.1, 0.15) is 5.56 Å². The van der Waals surface area contributed by atoms with Crippen molar-refractivity contribution in [3.63, 3.8) is 0 Å². The third-order valence-corrected chi connectivity index (χ3v) is 2.78. The zero-order chi connectivity index (χ0) is 11.6. The molecule has 0 unspecified atom stereocenters. The Balaban J connectivity index is 3.26. The molecular formula is C8H6BrClF3NO. The van der Waals surface area contributed by atoms with Gasteiger partial charge in [-0.2, -0.15) is 5.48 Å². The quantitative estimate of drug-likeness (QED) is 0.526. The van der Waals surface area contributed by atoms with E-state index < -0.39 is 26.9 Å².